The monoisotopic (exact) mass is 167 g/mol. The lowest BCUT2D eigenvalue weighted by Gasteiger charge is -2.03. The zero-order valence-corrected chi connectivity index (χ0v) is 5.22. The number of ether oxygens (including phenoxy) is 1. The quantitative estimate of drug-likeness (QED) is 0.710. The molecule has 7 heteroatoms. The SMILES string of the molecule is FC(F)(F)OCc1cn[nH]n1. The molecule has 1 heterocycles. The van der Waals surface area contributed by atoms with Crippen LogP contribution in [0.3, 0.4) is 0 Å². The average molecular weight is 167 g/mol. The van der Waals surface area contributed by atoms with Gasteiger partial charge in [0.05, 0.1) is 6.20 Å². The average Bonchev–Trinajstić information content (AvgIpc) is 2.32. The molecule has 0 fully saturated rings. The number of alkyl halides is 3. The van der Waals surface area contributed by atoms with Crippen molar-refractivity contribution in [1.82, 2.24) is 15.4 Å². The molecular weight excluding hydrogens is 163 g/mol. The molecule has 0 amide bonds. The largest absolute Gasteiger partial charge is 0.522 e. The van der Waals surface area contributed by atoms with E-state index in [4.69, 9.17) is 0 Å². The van der Waals surface area contributed by atoms with Crippen molar-refractivity contribution in [3.05, 3.63) is 11.9 Å². The maximum Gasteiger partial charge on any atom is 0.522 e. The van der Waals surface area contributed by atoms with Crippen LogP contribution in [0.5, 0.6) is 0 Å². The Morgan fingerprint density at radius 3 is 2.73 bits per heavy atom. The van der Waals surface area contributed by atoms with Gasteiger partial charge in [-0.05, 0) is 0 Å². The predicted molar refractivity (Wildman–Crippen MR) is 27.2 cm³/mol. The third-order valence-corrected chi connectivity index (χ3v) is 0.849. The maximum absolute atomic E-state index is 11.4. The molecule has 0 aliphatic heterocycles. The van der Waals surface area contributed by atoms with Gasteiger partial charge in [0.2, 0.25) is 0 Å². The summed E-state index contributed by atoms with van der Waals surface area (Å²) in [7, 11) is 0. The van der Waals surface area contributed by atoms with E-state index in [-0.39, 0.29) is 5.69 Å². The first kappa shape index (κ1) is 7.99. The Labute approximate surface area is 59.4 Å². The Morgan fingerprint density at radius 2 is 2.27 bits per heavy atom. The standard InChI is InChI=1S/C4H4F3N3O/c5-4(6,7)11-2-3-1-8-10-9-3/h1H,2H2,(H,8,9,10). The van der Waals surface area contributed by atoms with Gasteiger partial charge in [0.15, 0.2) is 0 Å². The molecule has 0 saturated carbocycles. The summed E-state index contributed by atoms with van der Waals surface area (Å²) in [5, 5.41) is 8.82. The van der Waals surface area contributed by atoms with Crippen molar-refractivity contribution in [2.24, 2.45) is 0 Å². The molecular formula is C4H4F3N3O. The number of aromatic amines is 1. The summed E-state index contributed by atoms with van der Waals surface area (Å²) in [4.78, 5) is 0. The molecule has 0 saturated heterocycles. The topological polar surface area (TPSA) is 50.8 Å². The molecule has 1 aromatic heterocycles. The van der Waals surface area contributed by atoms with E-state index in [0.717, 1.165) is 6.20 Å². The van der Waals surface area contributed by atoms with Crippen molar-refractivity contribution in [2.75, 3.05) is 0 Å². The van der Waals surface area contributed by atoms with Crippen LogP contribution >= 0.6 is 0 Å². The van der Waals surface area contributed by atoms with Crippen LogP contribution in [0.1, 0.15) is 5.69 Å². The molecule has 0 aromatic carbocycles. The maximum atomic E-state index is 11.4. The molecule has 0 aliphatic carbocycles. The Balaban J connectivity index is 2.35. The zero-order valence-electron chi connectivity index (χ0n) is 5.22. The molecule has 62 valence electrons. The van der Waals surface area contributed by atoms with Crippen molar-refractivity contribution < 1.29 is 17.9 Å². The molecule has 0 spiro atoms. The van der Waals surface area contributed by atoms with Gasteiger partial charge in [0.25, 0.3) is 0 Å². The lowest BCUT2D eigenvalue weighted by molar-refractivity contribution is -0.330. The Kier molecular flexibility index (Phi) is 2.08. The number of aromatic nitrogens is 3. The lowest BCUT2D eigenvalue weighted by atomic mass is 10.5. The lowest BCUT2D eigenvalue weighted by Crippen LogP contribution is -2.12. The summed E-state index contributed by atoms with van der Waals surface area (Å²) >= 11 is 0. The smallest absolute Gasteiger partial charge is 0.285 e. The molecule has 1 N–H and O–H groups in total. The summed E-state index contributed by atoms with van der Waals surface area (Å²) in [5.74, 6) is 0. The minimum absolute atomic E-state index is 0.113. The fourth-order valence-electron chi connectivity index (χ4n) is 0.451. The summed E-state index contributed by atoms with van der Waals surface area (Å²) in [6, 6.07) is 0. The van der Waals surface area contributed by atoms with Crippen LogP contribution in [0.2, 0.25) is 0 Å². The zero-order chi connectivity index (χ0) is 8.32. The second-order valence-corrected chi connectivity index (χ2v) is 1.70. The summed E-state index contributed by atoms with van der Waals surface area (Å²) in [6.07, 6.45) is -3.45. The molecule has 11 heavy (non-hydrogen) atoms. The van der Waals surface area contributed by atoms with E-state index < -0.39 is 13.0 Å². The molecule has 0 radical (unpaired) electrons. The summed E-state index contributed by atoms with van der Waals surface area (Å²) in [6.45, 7) is -0.611. The predicted octanol–water partition coefficient (Wildman–Crippen LogP) is 0.841. The number of H-pyrrole nitrogens is 1. The van der Waals surface area contributed by atoms with Crippen molar-refractivity contribution in [3.8, 4) is 0 Å². The first-order valence-electron chi connectivity index (χ1n) is 2.63. The molecule has 0 bridgehead atoms. The fraction of sp³-hybridized carbons (Fsp3) is 0.500. The van der Waals surface area contributed by atoms with Crippen LogP contribution in [0.4, 0.5) is 13.2 Å². The molecule has 1 aromatic rings. The van der Waals surface area contributed by atoms with Crippen molar-refractivity contribution in [1.29, 1.82) is 0 Å². The van der Waals surface area contributed by atoms with E-state index in [2.05, 4.69) is 20.1 Å². The molecule has 1 rings (SSSR count). The van der Waals surface area contributed by atoms with Crippen molar-refractivity contribution in [2.45, 2.75) is 13.0 Å². The first-order valence-corrected chi connectivity index (χ1v) is 2.63. The van der Waals surface area contributed by atoms with Crippen molar-refractivity contribution in [3.63, 3.8) is 0 Å². The molecule has 4 nitrogen and oxygen atoms in total. The highest BCUT2D eigenvalue weighted by Gasteiger charge is 2.29. The Hall–Kier alpha value is -1.11. The summed E-state index contributed by atoms with van der Waals surface area (Å²) < 4.78 is 37.6. The fourth-order valence-corrected chi connectivity index (χ4v) is 0.451. The van der Waals surface area contributed by atoms with Gasteiger partial charge in [-0.2, -0.15) is 15.4 Å². The third kappa shape index (κ3) is 2.99. The van der Waals surface area contributed by atoms with Gasteiger partial charge in [0, 0.05) is 0 Å². The highest BCUT2D eigenvalue weighted by molar-refractivity contribution is 4.86. The van der Waals surface area contributed by atoms with Crippen LogP contribution in [-0.2, 0) is 11.3 Å². The molecule has 0 atom stereocenters. The van der Waals surface area contributed by atoms with Gasteiger partial charge >= 0.3 is 6.36 Å². The minimum atomic E-state index is -4.61. The van der Waals surface area contributed by atoms with Crippen LogP contribution in [0.15, 0.2) is 6.20 Å². The Morgan fingerprint density at radius 1 is 1.55 bits per heavy atom. The van der Waals surface area contributed by atoms with Gasteiger partial charge in [-0.3, -0.25) is 4.74 Å². The van der Waals surface area contributed by atoms with E-state index in [9.17, 15) is 13.2 Å². The minimum Gasteiger partial charge on any atom is -0.285 e. The highest BCUT2D eigenvalue weighted by Crippen LogP contribution is 2.17. The molecule has 0 unspecified atom stereocenters. The second-order valence-electron chi connectivity index (χ2n) is 1.70. The summed E-state index contributed by atoms with van der Waals surface area (Å²) in [5.41, 5.74) is 0.113. The number of hydrogen-bond acceptors (Lipinski definition) is 3. The van der Waals surface area contributed by atoms with Gasteiger partial charge in [0.1, 0.15) is 12.3 Å². The van der Waals surface area contributed by atoms with Crippen LogP contribution in [-0.4, -0.2) is 21.8 Å². The van der Waals surface area contributed by atoms with Crippen LogP contribution in [0, 0.1) is 0 Å². The Bertz CT molecular complexity index is 207. The van der Waals surface area contributed by atoms with Crippen molar-refractivity contribution >= 4 is 0 Å². The number of hydrogen-bond donors (Lipinski definition) is 1. The molecule has 0 aliphatic rings. The van der Waals surface area contributed by atoms with Crippen LogP contribution in [0.25, 0.3) is 0 Å². The van der Waals surface area contributed by atoms with Crippen LogP contribution < -0.4 is 0 Å². The first-order chi connectivity index (χ1) is 5.08. The second kappa shape index (κ2) is 2.87. The van der Waals surface area contributed by atoms with E-state index >= 15 is 0 Å². The highest BCUT2D eigenvalue weighted by atomic mass is 19.4. The van der Waals surface area contributed by atoms with E-state index in [1.165, 1.54) is 0 Å². The normalized spacial score (nSPS) is 11.9. The van der Waals surface area contributed by atoms with Gasteiger partial charge in [-0.25, -0.2) is 0 Å². The van der Waals surface area contributed by atoms with Gasteiger partial charge in [-0.15, -0.1) is 13.2 Å². The number of nitrogens with one attached hydrogen (secondary N) is 1. The van der Waals surface area contributed by atoms with E-state index in [1.807, 2.05) is 0 Å². The van der Waals surface area contributed by atoms with Gasteiger partial charge < -0.3 is 0 Å². The number of halogens is 3. The number of rotatable bonds is 2. The van der Waals surface area contributed by atoms with E-state index in [0.29, 0.717) is 0 Å². The number of nitrogens with zero attached hydrogens (tertiary/aromatic N) is 2. The van der Waals surface area contributed by atoms with Gasteiger partial charge in [-0.1, -0.05) is 0 Å². The third-order valence-electron chi connectivity index (χ3n) is 0.849. The van der Waals surface area contributed by atoms with E-state index in [1.54, 1.807) is 0 Å².